The van der Waals surface area contributed by atoms with E-state index in [4.69, 9.17) is 9.47 Å². The van der Waals surface area contributed by atoms with Crippen LogP contribution in [0.2, 0.25) is 0 Å². The van der Waals surface area contributed by atoms with Crippen LogP contribution >= 0.6 is 0 Å². The standard InChI is InChI=1S/C24H20N4O2/c1-24(18-7-5-9-20(11-18)30-3)12-21(16-6-4-8-19(10-16)29-2)22(15-27)23(28-24)17(13-25)14-26/h4-11,28H,12H2,1-3H3. The third-order valence-electron chi connectivity index (χ3n) is 5.19. The van der Waals surface area contributed by atoms with E-state index in [-0.39, 0.29) is 16.8 Å². The van der Waals surface area contributed by atoms with Crippen LogP contribution in [0, 0.1) is 34.0 Å². The van der Waals surface area contributed by atoms with Gasteiger partial charge in [0.05, 0.1) is 31.0 Å². The molecule has 2 aromatic carbocycles. The van der Waals surface area contributed by atoms with Crippen LogP contribution in [0.5, 0.6) is 11.5 Å². The topological polar surface area (TPSA) is 102 Å². The molecule has 1 aliphatic heterocycles. The highest BCUT2D eigenvalue weighted by molar-refractivity contribution is 5.80. The lowest BCUT2D eigenvalue weighted by atomic mass is 9.77. The van der Waals surface area contributed by atoms with Gasteiger partial charge in [-0.05, 0) is 47.9 Å². The minimum Gasteiger partial charge on any atom is -0.497 e. The van der Waals surface area contributed by atoms with E-state index in [9.17, 15) is 15.8 Å². The van der Waals surface area contributed by atoms with E-state index < -0.39 is 5.54 Å². The largest absolute Gasteiger partial charge is 0.497 e. The molecule has 0 bridgehead atoms. The summed E-state index contributed by atoms with van der Waals surface area (Å²) in [5.41, 5.74) is 2.14. The van der Waals surface area contributed by atoms with E-state index in [1.54, 1.807) is 14.2 Å². The number of rotatable bonds is 4. The highest BCUT2D eigenvalue weighted by Gasteiger charge is 2.37. The highest BCUT2D eigenvalue weighted by Crippen LogP contribution is 2.43. The average Bonchev–Trinajstić information content (AvgIpc) is 2.79. The maximum Gasteiger partial charge on any atom is 0.154 e. The third kappa shape index (κ3) is 3.70. The summed E-state index contributed by atoms with van der Waals surface area (Å²) in [6, 6.07) is 21.0. The molecule has 148 valence electrons. The lowest BCUT2D eigenvalue weighted by molar-refractivity contribution is 0.393. The highest BCUT2D eigenvalue weighted by atomic mass is 16.5. The molecule has 6 nitrogen and oxygen atoms in total. The van der Waals surface area contributed by atoms with Gasteiger partial charge in [-0.1, -0.05) is 24.3 Å². The first-order chi connectivity index (χ1) is 14.5. The number of methoxy groups -OCH3 is 2. The van der Waals surface area contributed by atoms with Crippen LogP contribution in [0.15, 0.2) is 65.4 Å². The fraction of sp³-hybridized carbons (Fsp3) is 0.208. The molecular weight excluding hydrogens is 376 g/mol. The van der Waals surface area contributed by atoms with Crippen LogP contribution in [0.1, 0.15) is 24.5 Å². The Balaban J connectivity index is 2.29. The second-order valence-electron chi connectivity index (χ2n) is 7.04. The normalized spacial score (nSPS) is 17.8. The zero-order chi connectivity index (χ0) is 21.7. The van der Waals surface area contributed by atoms with Crippen molar-refractivity contribution >= 4 is 5.57 Å². The minimum atomic E-state index is -0.679. The molecule has 0 fully saturated rings. The van der Waals surface area contributed by atoms with Crippen LogP contribution in [0.3, 0.4) is 0 Å². The number of nitriles is 3. The molecule has 0 saturated carbocycles. The van der Waals surface area contributed by atoms with Gasteiger partial charge in [0.25, 0.3) is 0 Å². The zero-order valence-corrected chi connectivity index (χ0v) is 17.0. The molecule has 1 heterocycles. The number of benzene rings is 2. The maximum absolute atomic E-state index is 9.93. The molecule has 1 unspecified atom stereocenters. The predicted octanol–water partition coefficient (Wildman–Crippen LogP) is 4.19. The van der Waals surface area contributed by atoms with Gasteiger partial charge in [-0.25, -0.2) is 0 Å². The van der Waals surface area contributed by atoms with Crippen LogP contribution in [0.4, 0.5) is 0 Å². The first-order valence-electron chi connectivity index (χ1n) is 9.25. The number of hydrogen-bond donors (Lipinski definition) is 1. The Morgan fingerprint density at radius 3 is 2.20 bits per heavy atom. The molecule has 0 saturated heterocycles. The van der Waals surface area contributed by atoms with E-state index in [0.29, 0.717) is 17.9 Å². The van der Waals surface area contributed by atoms with E-state index in [1.165, 1.54) is 0 Å². The van der Waals surface area contributed by atoms with E-state index >= 15 is 0 Å². The van der Waals surface area contributed by atoms with Gasteiger partial charge in [-0.2, -0.15) is 15.8 Å². The van der Waals surface area contributed by atoms with Gasteiger partial charge in [0.15, 0.2) is 5.57 Å². The molecule has 2 aromatic rings. The Hall–Kier alpha value is -4.21. The summed E-state index contributed by atoms with van der Waals surface area (Å²) >= 11 is 0. The SMILES string of the molecule is COc1cccc(C2=C(C#N)C(=C(C#N)C#N)NC(C)(c3cccc(OC)c3)C2)c1. The first-order valence-corrected chi connectivity index (χ1v) is 9.25. The Morgan fingerprint density at radius 1 is 0.967 bits per heavy atom. The summed E-state index contributed by atoms with van der Waals surface area (Å²) in [7, 11) is 3.18. The van der Waals surface area contributed by atoms with E-state index in [2.05, 4.69) is 11.4 Å². The number of allylic oxidation sites excluding steroid dienone is 2. The smallest absolute Gasteiger partial charge is 0.154 e. The van der Waals surface area contributed by atoms with Crippen molar-refractivity contribution < 1.29 is 9.47 Å². The summed E-state index contributed by atoms with van der Waals surface area (Å²) in [5, 5.41) is 32.2. The molecule has 1 aliphatic rings. The van der Waals surface area contributed by atoms with Crippen molar-refractivity contribution in [2.45, 2.75) is 18.9 Å². The molecule has 3 rings (SSSR count). The maximum atomic E-state index is 9.93. The van der Waals surface area contributed by atoms with Gasteiger partial charge < -0.3 is 14.8 Å². The summed E-state index contributed by atoms with van der Waals surface area (Å²) in [6.07, 6.45) is 0.462. The molecule has 0 radical (unpaired) electrons. The van der Waals surface area contributed by atoms with Gasteiger partial charge in [0.1, 0.15) is 29.7 Å². The molecule has 0 amide bonds. The molecular formula is C24H20N4O2. The Labute approximate surface area is 175 Å². The van der Waals surface area contributed by atoms with Crippen molar-refractivity contribution in [1.29, 1.82) is 15.8 Å². The second kappa shape index (κ2) is 8.43. The molecule has 6 heteroatoms. The summed E-state index contributed by atoms with van der Waals surface area (Å²) in [5.74, 6) is 1.35. The van der Waals surface area contributed by atoms with Gasteiger partial charge in [-0.15, -0.1) is 0 Å². The molecule has 0 aliphatic carbocycles. The van der Waals surface area contributed by atoms with E-state index in [1.807, 2.05) is 67.6 Å². The number of nitrogens with one attached hydrogen (secondary N) is 1. The van der Waals surface area contributed by atoms with E-state index in [0.717, 1.165) is 16.7 Å². The van der Waals surface area contributed by atoms with Crippen LogP contribution in [0.25, 0.3) is 5.57 Å². The molecule has 30 heavy (non-hydrogen) atoms. The van der Waals surface area contributed by atoms with Gasteiger partial charge in [0, 0.05) is 6.42 Å². The quantitative estimate of drug-likeness (QED) is 0.778. The van der Waals surface area contributed by atoms with Crippen molar-refractivity contribution in [2.24, 2.45) is 0 Å². The minimum absolute atomic E-state index is 0.138. The predicted molar refractivity (Wildman–Crippen MR) is 112 cm³/mol. The summed E-state index contributed by atoms with van der Waals surface area (Å²) in [6.45, 7) is 1.97. The van der Waals surface area contributed by atoms with Crippen molar-refractivity contribution in [3.05, 3.63) is 76.5 Å². The van der Waals surface area contributed by atoms with Crippen LogP contribution in [-0.2, 0) is 5.54 Å². The number of nitrogens with zero attached hydrogens (tertiary/aromatic N) is 3. The third-order valence-corrected chi connectivity index (χ3v) is 5.19. The van der Waals surface area contributed by atoms with Crippen molar-refractivity contribution in [2.75, 3.05) is 14.2 Å². The fourth-order valence-corrected chi connectivity index (χ4v) is 3.62. The number of hydrogen-bond acceptors (Lipinski definition) is 6. The Kier molecular flexibility index (Phi) is 5.77. The second-order valence-corrected chi connectivity index (χ2v) is 7.04. The monoisotopic (exact) mass is 396 g/mol. The van der Waals surface area contributed by atoms with Crippen molar-refractivity contribution in [3.63, 3.8) is 0 Å². The lowest BCUT2D eigenvalue weighted by Gasteiger charge is -2.39. The zero-order valence-electron chi connectivity index (χ0n) is 17.0. The van der Waals surface area contributed by atoms with Crippen LogP contribution < -0.4 is 14.8 Å². The van der Waals surface area contributed by atoms with Gasteiger partial charge >= 0.3 is 0 Å². The molecule has 1 atom stereocenters. The van der Waals surface area contributed by atoms with Gasteiger partial charge in [0.2, 0.25) is 0 Å². The van der Waals surface area contributed by atoms with Crippen molar-refractivity contribution in [3.8, 4) is 29.7 Å². The summed E-state index contributed by atoms with van der Waals surface area (Å²) in [4.78, 5) is 0. The molecule has 1 N–H and O–H groups in total. The Morgan fingerprint density at radius 2 is 1.60 bits per heavy atom. The summed E-state index contributed by atoms with van der Waals surface area (Å²) < 4.78 is 10.7. The molecule has 0 aromatic heterocycles. The Bertz CT molecular complexity index is 1160. The average molecular weight is 396 g/mol. The van der Waals surface area contributed by atoms with Gasteiger partial charge in [-0.3, -0.25) is 0 Å². The van der Waals surface area contributed by atoms with Crippen molar-refractivity contribution in [1.82, 2.24) is 5.32 Å². The molecule has 0 spiro atoms. The van der Waals surface area contributed by atoms with Crippen LogP contribution in [-0.4, -0.2) is 14.2 Å². The first kappa shape index (κ1) is 20.5. The fourth-order valence-electron chi connectivity index (χ4n) is 3.62. The lowest BCUT2D eigenvalue weighted by Crippen LogP contribution is -2.43. The number of ether oxygens (including phenoxy) is 2.